The Labute approximate surface area is 87.3 Å². The van der Waals surface area contributed by atoms with Gasteiger partial charge in [-0.3, -0.25) is 4.79 Å². The largest absolute Gasteiger partial charge is 0.481 e. The van der Waals surface area contributed by atoms with Gasteiger partial charge in [-0.15, -0.1) is 0 Å². The molecule has 4 nitrogen and oxygen atoms in total. The molecule has 3 radical (unpaired) electrons. The predicted molar refractivity (Wildman–Crippen MR) is 52.8 cm³/mol. The molecule has 0 aliphatic rings. The molecular weight excluding hydrogens is 204 g/mol. The van der Waals surface area contributed by atoms with Gasteiger partial charge in [0, 0.05) is 17.2 Å². The van der Waals surface area contributed by atoms with Gasteiger partial charge < -0.3 is 10.8 Å². The molecule has 0 aliphatic carbocycles. The van der Waals surface area contributed by atoms with E-state index >= 15 is 0 Å². The molecular formula is C9H10ClN2O2. The fraction of sp³-hybridized carbons (Fsp3) is 0.222. The second-order valence-corrected chi connectivity index (χ2v) is 3.19. The van der Waals surface area contributed by atoms with Gasteiger partial charge in [-0.1, -0.05) is 23.7 Å². The highest BCUT2D eigenvalue weighted by molar-refractivity contribution is 6.30. The Bertz CT molecular complexity index is 300. The van der Waals surface area contributed by atoms with E-state index in [0.717, 1.165) is 5.56 Å². The first kappa shape index (κ1) is 12.9. The molecule has 0 bridgehead atoms. The van der Waals surface area contributed by atoms with Crippen molar-refractivity contribution in [3.05, 3.63) is 34.9 Å². The molecule has 5 heteroatoms. The molecule has 75 valence electrons. The van der Waals surface area contributed by atoms with Gasteiger partial charge in [-0.05, 0) is 17.7 Å². The zero-order valence-corrected chi connectivity index (χ0v) is 8.11. The lowest BCUT2D eigenvalue weighted by molar-refractivity contribution is -0.137. The van der Waals surface area contributed by atoms with Crippen LogP contribution < -0.4 is 11.9 Å². The van der Waals surface area contributed by atoms with E-state index in [1.54, 1.807) is 24.3 Å². The molecule has 1 rings (SSSR count). The van der Waals surface area contributed by atoms with Gasteiger partial charge in [-0.2, -0.15) is 0 Å². The number of hydrogen-bond donors (Lipinski definition) is 2. The van der Waals surface area contributed by atoms with Gasteiger partial charge in [0.25, 0.3) is 0 Å². The van der Waals surface area contributed by atoms with Gasteiger partial charge in [0.1, 0.15) is 0 Å². The van der Waals surface area contributed by atoms with Gasteiger partial charge >= 0.3 is 5.97 Å². The van der Waals surface area contributed by atoms with Gasteiger partial charge in [0.15, 0.2) is 0 Å². The van der Waals surface area contributed by atoms with Crippen molar-refractivity contribution in [1.82, 2.24) is 6.15 Å². The molecule has 0 saturated carbocycles. The number of nitrogens with zero attached hydrogens (tertiary/aromatic N) is 1. The summed E-state index contributed by atoms with van der Waals surface area (Å²) in [7, 11) is 0. The maximum atomic E-state index is 10.3. The molecule has 0 saturated heterocycles. The zero-order valence-electron chi connectivity index (χ0n) is 7.35. The van der Waals surface area contributed by atoms with Crippen LogP contribution in [0.5, 0.6) is 0 Å². The molecule has 0 spiro atoms. The standard InChI is InChI=1S/C9H10ClNO2.N/c10-7-3-1-6(2-4-7)8(11)5-9(12)13;/h1-4,8H,5,11H2,(H,12,13);. The highest BCUT2D eigenvalue weighted by Crippen LogP contribution is 2.16. The van der Waals surface area contributed by atoms with Gasteiger partial charge in [0.05, 0.1) is 6.42 Å². The van der Waals surface area contributed by atoms with Crippen LogP contribution >= 0.6 is 11.6 Å². The average molecular weight is 214 g/mol. The molecule has 14 heavy (non-hydrogen) atoms. The Balaban J connectivity index is 0.00000169. The third-order valence-electron chi connectivity index (χ3n) is 1.69. The van der Waals surface area contributed by atoms with Crippen molar-refractivity contribution in [2.24, 2.45) is 5.73 Å². The van der Waals surface area contributed by atoms with E-state index in [1.807, 2.05) is 0 Å². The van der Waals surface area contributed by atoms with Crippen molar-refractivity contribution >= 4 is 17.6 Å². The third-order valence-corrected chi connectivity index (χ3v) is 1.94. The Morgan fingerprint density at radius 2 is 1.93 bits per heavy atom. The normalized spacial score (nSPS) is 11.6. The highest BCUT2D eigenvalue weighted by Gasteiger charge is 2.09. The Kier molecular flexibility index (Phi) is 5.15. The number of halogens is 1. The first-order chi connectivity index (χ1) is 6.09. The van der Waals surface area contributed by atoms with Crippen molar-refractivity contribution in [2.45, 2.75) is 12.5 Å². The van der Waals surface area contributed by atoms with Crippen LogP contribution in [0.2, 0.25) is 5.02 Å². The summed E-state index contributed by atoms with van der Waals surface area (Å²) in [5.74, 6) is -0.901. The molecule has 0 aromatic heterocycles. The lowest BCUT2D eigenvalue weighted by Gasteiger charge is -2.08. The summed E-state index contributed by atoms with van der Waals surface area (Å²) < 4.78 is 0. The van der Waals surface area contributed by atoms with Crippen LogP contribution in [0, 0.1) is 0 Å². The minimum atomic E-state index is -0.901. The van der Waals surface area contributed by atoms with Crippen LogP contribution in [-0.4, -0.2) is 11.1 Å². The lowest BCUT2D eigenvalue weighted by Crippen LogP contribution is -2.14. The number of hydrogen-bond acceptors (Lipinski definition) is 2. The molecule has 0 amide bonds. The predicted octanol–water partition coefficient (Wildman–Crippen LogP) is 1.33. The summed E-state index contributed by atoms with van der Waals surface area (Å²) in [5, 5.41) is 9.11. The lowest BCUT2D eigenvalue weighted by atomic mass is 10.1. The van der Waals surface area contributed by atoms with Crippen LogP contribution in [0.1, 0.15) is 18.0 Å². The molecule has 1 unspecified atom stereocenters. The van der Waals surface area contributed by atoms with Gasteiger partial charge in [-0.25, -0.2) is 0 Å². The number of carboxylic acids is 1. The molecule has 1 atom stereocenters. The van der Waals surface area contributed by atoms with Gasteiger partial charge in [0.2, 0.25) is 0 Å². The SMILES string of the molecule is NC(CC(=O)O)c1ccc(Cl)cc1.[N]. The first-order valence-electron chi connectivity index (χ1n) is 3.82. The minimum absolute atomic E-state index is 0. The fourth-order valence-corrected chi connectivity index (χ4v) is 1.14. The van der Waals surface area contributed by atoms with E-state index in [0.29, 0.717) is 5.02 Å². The minimum Gasteiger partial charge on any atom is -0.481 e. The maximum absolute atomic E-state index is 10.3. The smallest absolute Gasteiger partial charge is 0.305 e. The molecule has 1 aromatic carbocycles. The Hall–Kier alpha value is -1.10. The maximum Gasteiger partial charge on any atom is 0.305 e. The average Bonchev–Trinajstić information content (AvgIpc) is 2.04. The fourth-order valence-electron chi connectivity index (χ4n) is 1.02. The van der Waals surface area contributed by atoms with E-state index in [4.69, 9.17) is 22.4 Å². The van der Waals surface area contributed by atoms with E-state index in [1.165, 1.54) is 0 Å². The van der Waals surface area contributed by atoms with Crippen molar-refractivity contribution < 1.29 is 9.90 Å². The highest BCUT2D eigenvalue weighted by atomic mass is 35.5. The summed E-state index contributed by atoms with van der Waals surface area (Å²) in [4.78, 5) is 10.3. The topological polar surface area (TPSA) is 93.8 Å². The van der Waals surface area contributed by atoms with Crippen LogP contribution in [0.3, 0.4) is 0 Å². The van der Waals surface area contributed by atoms with E-state index in [-0.39, 0.29) is 12.6 Å². The van der Waals surface area contributed by atoms with Crippen molar-refractivity contribution in [3.8, 4) is 0 Å². The summed E-state index contributed by atoms with van der Waals surface area (Å²) in [6, 6.07) is 6.39. The second-order valence-electron chi connectivity index (χ2n) is 2.76. The molecule has 1 aromatic rings. The third kappa shape index (κ3) is 3.74. The van der Waals surface area contributed by atoms with Crippen LogP contribution in [0.15, 0.2) is 24.3 Å². The molecule has 0 heterocycles. The number of aliphatic carboxylic acids is 1. The van der Waals surface area contributed by atoms with Crippen LogP contribution in [0.4, 0.5) is 0 Å². The first-order valence-corrected chi connectivity index (χ1v) is 4.20. The number of rotatable bonds is 3. The molecule has 3 N–H and O–H groups in total. The van der Waals surface area contributed by atoms with E-state index < -0.39 is 12.0 Å². The monoisotopic (exact) mass is 213 g/mol. The van der Waals surface area contributed by atoms with Crippen molar-refractivity contribution in [3.63, 3.8) is 0 Å². The van der Waals surface area contributed by atoms with E-state index in [9.17, 15) is 4.79 Å². The number of benzene rings is 1. The number of carbonyl (C=O) groups is 1. The Morgan fingerprint density at radius 3 is 2.36 bits per heavy atom. The van der Waals surface area contributed by atoms with Crippen LogP contribution in [-0.2, 0) is 4.79 Å². The molecule has 0 aliphatic heterocycles. The second kappa shape index (κ2) is 5.59. The van der Waals surface area contributed by atoms with E-state index in [2.05, 4.69) is 0 Å². The summed E-state index contributed by atoms with van der Waals surface area (Å²) in [6.45, 7) is 0. The van der Waals surface area contributed by atoms with Crippen molar-refractivity contribution in [2.75, 3.05) is 0 Å². The summed E-state index contributed by atoms with van der Waals surface area (Å²) in [5.41, 5.74) is 6.41. The summed E-state index contributed by atoms with van der Waals surface area (Å²) >= 11 is 5.66. The number of nitrogens with two attached hydrogens (primary N) is 1. The zero-order chi connectivity index (χ0) is 9.84. The summed E-state index contributed by atoms with van der Waals surface area (Å²) in [6.07, 6.45) is -0.0678. The quantitative estimate of drug-likeness (QED) is 0.793. The Morgan fingerprint density at radius 1 is 1.43 bits per heavy atom. The number of carboxylic acid groups (broad SMARTS) is 1. The molecule has 0 fully saturated rings. The van der Waals surface area contributed by atoms with Crippen LogP contribution in [0.25, 0.3) is 0 Å². The van der Waals surface area contributed by atoms with Crippen molar-refractivity contribution in [1.29, 1.82) is 0 Å².